The zero-order chi connectivity index (χ0) is 28.7. The SMILES string of the molecule is CCC(C(=O)NC)N(Cc1cccc(OC)c1)C(=O)CN(c1cc(Cl)cc(Cl)c1)S(=O)(=O)c1ccc(C)cc1. The van der Waals surface area contributed by atoms with Crippen LogP contribution in [0.25, 0.3) is 0 Å². The lowest BCUT2D eigenvalue weighted by molar-refractivity contribution is -0.140. The first kappa shape index (κ1) is 30.3. The van der Waals surface area contributed by atoms with Crippen molar-refractivity contribution in [3.05, 3.63) is 87.9 Å². The number of hydrogen-bond acceptors (Lipinski definition) is 5. The first-order chi connectivity index (χ1) is 18.5. The van der Waals surface area contributed by atoms with E-state index in [9.17, 15) is 18.0 Å². The fourth-order valence-corrected chi connectivity index (χ4v) is 6.02. The molecule has 8 nitrogen and oxygen atoms in total. The number of anilines is 1. The van der Waals surface area contributed by atoms with Crippen molar-refractivity contribution in [1.29, 1.82) is 0 Å². The molecule has 0 bridgehead atoms. The highest BCUT2D eigenvalue weighted by Crippen LogP contribution is 2.30. The number of ether oxygens (including phenoxy) is 1. The Morgan fingerprint density at radius 1 is 1.00 bits per heavy atom. The Kier molecular flexibility index (Phi) is 10.2. The van der Waals surface area contributed by atoms with Crippen LogP contribution in [-0.4, -0.2) is 51.9 Å². The van der Waals surface area contributed by atoms with Crippen LogP contribution in [0.4, 0.5) is 5.69 Å². The highest BCUT2D eigenvalue weighted by atomic mass is 35.5. The summed E-state index contributed by atoms with van der Waals surface area (Å²) in [5.41, 5.74) is 1.71. The van der Waals surface area contributed by atoms with Gasteiger partial charge >= 0.3 is 0 Å². The van der Waals surface area contributed by atoms with Gasteiger partial charge in [-0.05, 0) is 61.4 Å². The number of sulfonamides is 1. The van der Waals surface area contributed by atoms with Gasteiger partial charge in [-0.2, -0.15) is 0 Å². The number of likely N-dealkylation sites (N-methyl/N-ethyl adjacent to an activating group) is 1. The number of methoxy groups -OCH3 is 1. The molecular formula is C28H31Cl2N3O5S. The molecule has 0 saturated carbocycles. The molecule has 0 saturated heterocycles. The Morgan fingerprint density at radius 3 is 2.21 bits per heavy atom. The van der Waals surface area contributed by atoms with Gasteiger partial charge < -0.3 is 15.0 Å². The molecule has 0 aliphatic rings. The highest BCUT2D eigenvalue weighted by Gasteiger charge is 2.33. The van der Waals surface area contributed by atoms with E-state index < -0.39 is 28.5 Å². The number of hydrogen-bond donors (Lipinski definition) is 1. The Labute approximate surface area is 239 Å². The lowest BCUT2D eigenvalue weighted by Crippen LogP contribution is -2.51. The van der Waals surface area contributed by atoms with Crippen LogP contribution in [0.1, 0.15) is 24.5 Å². The van der Waals surface area contributed by atoms with Crippen molar-refractivity contribution < 1.29 is 22.7 Å². The van der Waals surface area contributed by atoms with Gasteiger partial charge in [-0.25, -0.2) is 8.42 Å². The molecule has 1 N–H and O–H groups in total. The molecule has 0 heterocycles. The molecular weight excluding hydrogens is 561 g/mol. The van der Waals surface area contributed by atoms with Crippen molar-refractivity contribution in [1.82, 2.24) is 10.2 Å². The molecule has 208 valence electrons. The predicted octanol–water partition coefficient (Wildman–Crippen LogP) is 5.06. The number of nitrogens with zero attached hydrogens (tertiary/aromatic N) is 2. The monoisotopic (exact) mass is 591 g/mol. The van der Waals surface area contributed by atoms with Crippen LogP contribution >= 0.6 is 23.2 Å². The van der Waals surface area contributed by atoms with E-state index in [-0.39, 0.29) is 33.1 Å². The average molecular weight is 593 g/mol. The number of nitrogens with one attached hydrogen (secondary N) is 1. The van der Waals surface area contributed by atoms with Gasteiger partial charge in [0, 0.05) is 23.6 Å². The molecule has 3 aromatic rings. The molecule has 3 aromatic carbocycles. The molecule has 0 fully saturated rings. The lowest BCUT2D eigenvalue weighted by atomic mass is 10.1. The number of halogens is 2. The number of benzene rings is 3. The van der Waals surface area contributed by atoms with Crippen LogP contribution in [0, 0.1) is 6.92 Å². The van der Waals surface area contributed by atoms with Crippen LogP contribution in [0.5, 0.6) is 5.75 Å². The maximum absolute atomic E-state index is 14.0. The molecule has 0 radical (unpaired) electrons. The quantitative estimate of drug-likeness (QED) is 0.336. The zero-order valence-electron chi connectivity index (χ0n) is 22.1. The Hall–Kier alpha value is -3.27. The van der Waals surface area contributed by atoms with Crippen molar-refractivity contribution in [2.45, 2.75) is 37.8 Å². The number of rotatable bonds is 11. The summed E-state index contributed by atoms with van der Waals surface area (Å²) in [5, 5.41) is 3.01. The first-order valence-electron chi connectivity index (χ1n) is 12.2. The van der Waals surface area contributed by atoms with Gasteiger partial charge in [0.2, 0.25) is 11.8 Å². The summed E-state index contributed by atoms with van der Waals surface area (Å²) < 4.78 is 34.0. The van der Waals surface area contributed by atoms with E-state index in [2.05, 4.69) is 5.32 Å². The minimum atomic E-state index is -4.23. The third-order valence-electron chi connectivity index (χ3n) is 6.14. The molecule has 2 amide bonds. The van der Waals surface area contributed by atoms with E-state index in [0.717, 1.165) is 9.87 Å². The molecule has 39 heavy (non-hydrogen) atoms. The normalized spacial score (nSPS) is 11.9. The molecule has 0 spiro atoms. The van der Waals surface area contributed by atoms with E-state index in [1.165, 1.54) is 49.4 Å². The van der Waals surface area contributed by atoms with Crippen LogP contribution in [0.15, 0.2) is 71.6 Å². The molecule has 0 aliphatic heterocycles. The van der Waals surface area contributed by atoms with Gasteiger partial charge in [0.1, 0.15) is 18.3 Å². The molecule has 1 unspecified atom stereocenters. The fourth-order valence-electron chi connectivity index (χ4n) is 4.10. The van der Waals surface area contributed by atoms with Gasteiger partial charge in [0.05, 0.1) is 17.7 Å². The number of amides is 2. The van der Waals surface area contributed by atoms with Gasteiger partial charge in [-0.3, -0.25) is 13.9 Å². The molecule has 1 atom stereocenters. The van der Waals surface area contributed by atoms with Gasteiger partial charge in [-0.15, -0.1) is 0 Å². The van der Waals surface area contributed by atoms with E-state index in [4.69, 9.17) is 27.9 Å². The maximum Gasteiger partial charge on any atom is 0.264 e. The zero-order valence-corrected chi connectivity index (χ0v) is 24.5. The topological polar surface area (TPSA) is 96.0 Å². The Balaban J connectivity index is 2.10. The average Bonchev–Trinajstić information content (AvgIpc) is 2.90. The summed E-state index contributed by atoms with van der Waals surface area (Å²) in [6.45, 7) is 3.08. The third-order valence-corrected chi connectivity index (χ3v) is 8.37. The largest absolute Gasteiger partial charge is 0.497 e. The Bertz CT molecular complexity index is 1410. The molecule has 0 aliphatic carbocycles. The molecule has 0 aromatic heterocycles. The summed E-state index contributed by atoms with van der Waals surface area (Å²) in [4.78, 5) is 28.1. The highest BCUT2D eigenvalue weighted by molar-refractivity contribution is 7.92. The Morgan fingerprint density at radius 2 is 1.64 bits per heavy atom. The van der Waals surface area contributed by atoms with Crippen LogP contribution < -0.4 is 14.4 Å². The third kappa shape index (κ3) is 7.44. The fraction of sp³-hybridized carbons (Fsp3) is 0.286. The second-order valence-electron chi connectivity index (χ2n) is 8.86. The first-order valence-corrected chi connectivity index (χ1v) is 14.4. The van der Waals surface area contributed by atoms with Gasteiger partial charge in [-0.1, -0.05) is 60.0 Å². The number of carbonyl (C=O) groups excluding carboxylic acids is 2. The second kappa shape index (κ2) is 13.2. The standard InChI is InChI=1S/C28H31Cl2N3O5S/c1-5-26(28(35)31-3)32(17-20-7-6-8-24(13-20)38-4)27(34)18-33(23-15-21(29)14-22(30)16-23)39(36,37)25-11-9-19(2)10-12-25/h6-16,26H,5,17-18H2,1-4H3,(H,31,35). The summed E-state index contributed by atoms with van der Waals surface area (Å²) in [5.74, 6) is -0.363. The van der Waals surface area contributed by atoms with E-state index in [0.29, 0.717) is 17.7 Å². The minimum absolute atomic E-state index is 0.00492. The maximum atomic E-state index is 14.0. The van der Waals surface area contributed by atoms with Gasteiger partial charge in [0.15, 0.2) is 0 Å². The summed E-state index contributed by atoms with van der Waals surface area (Å²) in [6.07, 6.45) is 0.309. The van der Waals surface area contributed by atoms with E-state index >= 15 is 0 Å². The van der Waals surface area contributed by atoms with Crippen LogP contribution in [0.3, 0.4) is 0 Å². The van der Waals surface area contributed by atoms with Crippen LogP contribution in [0.2, 0.25) is 10.0 Å². The number of carbonyl (C=O) groups is 2. The summed E-state index contributed by atoms with van der Waals surface area (Å²) in [7, 11) is -1.21. The van der Waals surface area contributed by atoms with Crippen molar-refractivity contribution in [2.24, 2.45) is 0 Å². The van der Waals surface area contributed by atoms with Crippen molar-refractivity contribution in [2.75, 3.05) is 25.0 Å². The van der Waals surface area contributed by atoms with Crippen LogP contribution in [-0.2, 0) is 26.2 Å². The smallest absolute Gasteiger partial charge is 0.264 e. The van der Waals surface area contributed by atoms with Gasteiger partial charge in [0.25, 0.3) is 10.0 Å². The summed E-state index contributed by atoms with van der Waals surface area (Å²) in [6, 6.07) is 16.9. The molecule has 11 heteroatoms. The minimum Gasteiger partial charge on any atom is -0.497 e. The predicted molar refractivity (Wildman–Crippen MR) is 154 cm³/mol. The van der Waals surface area contributed by atoms with E-state index in [1.54, 1.807) is 43.3 Å². The van der Waals surface area contributed by atoms with Crippen molar-refractivity contribution in [3.63, 3.8) is 0 Å². The molecule has 3 rings (SSSR count). The van der Waals surface area contributed by atoms with Crippen molar-refractivity contribution in [3.8, 4) is 5.75 Å². The van der Waals surface area contributed by atoms with Crippen molar-refractivity contribution >= 4 is 50.7 Å². The second-order valence-corrected chi connectivity index (χ2v) is 11.6. The van der Waals surface area contributed by atoms with E-state index in [1.807, 2.05) is 6.92 Å². The summed E-state index contributed by atoms with van der Waals surface area (Å²) >= 11 is 12.4. The lowest BCUT2D eigenvalue weighted by Gasteiger charge is -2.33. The number of aryl methyl sites for hydroxylation is 1.